The van der Waals surface area contributed by atoms with Gasteiger partial charge in [0.2, 0.25) is 0 Å². The smallest absolute Gasteiger partial charge is 0.304 e. The van der Waals surface area contributed by atoms with E-state index in [0.717, 1.165) is 0 Å². The van der Waals surface area contributed by atoms with Gasteiger partial charge in [-0.1, -0.05) is 0 Å². The van der Waals surface area contributed by atoms with Crippen molar-refractivity contribution in [3.8, 4) is 0 Å². The van der Waals surface area contributed by atoms with E-state index in [2.05, 4.69) is 0 Å². The SMILES string of the molecule is CC(O)CCN(C)c1sc([C@@H](C)O)cc1[N+](=O)[O-]. The van der Waals surface area contributed by atoms with Gasteiger partial charge in [0.1, 0.15) is 0 Å². The van der Waals surface area contributed by atoms with Gasteiger partial charge in [-0.15, -0.1) is 11.3 Å². The van der Waals surface area contributed by atoms with Crippen LogP contribution in [0.15, 0.2) is 6.07 Å². The maximum absolute atomic E-state index is 11.0. The van der Waals surface area contributed by atoms with Crippen molar-refractivity contribution in [2.24, 2.45) is 0 Å². The molecule has 1 heterocycles. The molecule has 0 aromatic carbocycles. The summed E-state index contributed by atoms with van der Waals surface area (Å²) in [5.41, 5.74) is 0.00370. The number of aliphatic hydroxyl groups is 2. The number of hydrogen-bond acceptors (Lipinski definition) is 6. The van der Waals surface area contributed by atoms with Crippen molar-refractivity contribution in [1.29, 1.82) is 0 Å². The third kappa shape index (κ3) is 3.66. The molecule has 0 saturated carbocycles. The molecule has 0 aliphatic heterocycles. The highest BCUT2D eigenvalue weighted by molar-refractivity contribution is 7.16. The Morgan fingerprint density at radius 3 is 2.56 bits per heavy atom. The normalized spacial score (nSPS) is 14.3. The Morgan fingerprint density at radius 2 is 2.11 bits per heavy atom. The van der Waals surface area contributed by atoms with Crippen molar-refractivity contribution in [2.75, 3.05) is 18.5 Å². The molecule has 1 aromatic rings. The van der Waals surface area contributed by atoms with Crippen molar-refractivity contribution in [2.45, 2.75) is 32.5 Å². The van der Waals surface area contributed by atoms with Gasteiger partial charge in [-0.2, -0.15) is 0 Å². The van der Waals surface area contributed by atoms with Gasteiger partial charge in [0.05, 0.1) is 17.1 Å². The second kappa shape index (κ2) is 6.12. The molecule has 6 nitrogen and oxygen atoms in total. The first-order valence-corrected chi connectivity index (χ1v) is 6.50. The fourth-order valence-corrected chi connectivity index (χ4v) is 2.53. The topological polar surface area (TPSA) is 86.8 Å². The lowest BCUT2D eigenvalue weighted by atomic mass is 10.2. The monoisotopic (exact) mass is 274 g/mol. The molecule has 102 valence electrons. The van der Waals surface area contributed by atoms with E-state index in [0.29, 0.717) is 22.8 Å². The minimum atomic E-state index is -0.715. The van der Waals surface area contributed by atoms with Gasteiger partial charge < -0.3 is 15.1 Å². The van der Waals surface area contributed by atoms with Gasteiger partial charge >= 0.3 is 5.69 Å². The molecule has 0 amide bonds. The summed E-state index contributed by atoms with van der Waals surface area (Å²) in [7, 11) is 1.74. The lowest BCUT2D eigenvalue weighted by molar-refractivity contribution is -0.383. The first-order chi connectivity index (χ1) is 8.32. The predicted octanol–water partition coefficient (Wildman–Crippen LogP) is 1.92. The van der Waals surface area contributed by atoms with Crippen LogP contribution in [-0.2, 0) is 0 Å². The van der Waals surface area contributed by atoms with E-state index in [1.807, 2.05) is 0 Å². The largest absolute Gasteiger partial charge is 0.393 e. The van der Waals surface area contributed by atoms with Gasteiger partial charge in [-0.05, 0) is 20.3 Å². The van der Waals surface area contributed by atoms with Crippen LogP contribution in [0.1, 0.15) is 31.2 Å². The van der Waals surface area contributed by atoms with Crippen molar-refractivity contribution in [3.63, 3.8) is 0 Å². The highest BCUT2D eigenvalue weighted by Gasteiger charge is 2.23. The standard InChI is InChI=1S/C11H18N2O4S/c1-7(14)4-5-12(3)11-9(13(16)17)6-10(18-11)8(2)15/h6-8,14-15H,4-5H2,1-3H3/t7?,8-/m1/s1. The molecule has 0 bridgehead atoms. The van der Waals surface area contributed by atoms with Crippen LogP contribution in [0.2, 0.25) is 0 Å². The van der Waals surface area contributed by atoms with E-state index in [9.17, 15) is 20.3 Å². The number of rotatable bonds is 6. The molecule has 0 saturated heterocycles. The lowest BCUT2D eigenvalue weighted by Crippen LogP contribution is -2.21. The van der Waals surface area contributed by atoms with E-state index in [4.69, 9.17) is 0 Å². The van der Waals surface area contributed by atoms with Gasteiger partial charge in [-0.25, -0.2) is 0 Å². The molecule has 1 unspecified atom stereocenters. The maximum Gasteiger partial charge on any atom is 0.304 e. The predicted molar refractivity (Wildman–Crippen MR) is 71.2 cm³/mol. The Labute approximate surface area is 110 Å². The van der Waals surface area contributed by atoms with E-state index < -0.39 is 17.1 Å². The first kappa shape index (κ1) is 14.9. The summed E-state index contributed by atoms with van der Waals surface area (Å²) in [6.07, 6.45) is -0.620. The first-order valence-electron chi connectivity index (χ1n) is 5.68. The zero-order valence-corrected chi connectivity index (χ0v) is 11.5. The van der Waals surface area contributed by atoms with E-state index in [1.54, 1.807) is 25.8 Å². The fourth-order valence-electron chi connectivity index (χ4n) is 1.48. The van der Waals surface area contributed by atoms with Crippen LogP contribution in [0.5, 0.6) is 0 Å². The summed E-state index contributed by atoms with van der Waals surface area (Å²) < 4.78 is 0. The second-order valence-corrected chi connectivity index (χ2v) is 5.39. The third-order valence-electron chi connectivity index (χ3n) is 2.55. The number of anilines is 1. The van der Waals surface area contributed by atoms with Crippen LogP contribution >= 0.6 is 11.3 Å². The fraction of sp³-hybridized carbons (Fsp3) is 0.636. The van der Waals surface area contributed by atoms with Crippen LogP contribution in [0.4, 0.5) is 10.7 Å². The van der Waals surface area contributed by atoms with Crippen molar-refractivity contribution < 1.29 is 15.1 Å². The molecule has 0 aliphatic carbocycles. The van der Waals surface area contributed by atoms with Crippen LogP contribution in [0, 0.1) is 10.1 Å². The summed E-state index contributed by atoms with van der Waals surface area (Å²) in [5, 5.41) is 30.2. The molecule has 2 atom stereocenters. The average molecular weight is 274 g/mol. The number of aliphatic hydroxyl groups excluding tert-OH is 2. The minimum absolute atomic E-state index is 0.00370. The summed E-state index contributed by atoms with van der Waals surface area (Å²) in [5.74, 6) is 0. The van der Waals surface area contributed by atoms with Crippen molar-refractivity contribution >= 4 is 22.0 Å². The highest BCUT2D eigenvalue weighted by atomic mass is 32.1. The Morgan fingerprint density at radius 1 is 1.50 bits per heavy atom. The van der Waals surface area contributed by atoms with Crippen molar-refractivity contribution in [1.82, 2.24) is 0 Å². The molecule has 0 radical (unpaired) electrons. The Hall–Kier alpha value is -1.18. The third-order valence-corrected chi connectivity index (χ3v) is 3.96. The number of hydrogen-bond donors (Lipinski definition) is 2. The molecular formula is C11H18N2O4S. The Bertz CT molecular complexity index is 417. The van der Waals surface area contributed by atoms with E-state index >= 15 is 0 Å². The van der Waals surface area contributed by atoms with E-state index in [1.165, 1.54) is 17.4 Å². The number of nitrogens with zero attached hydrogens (tertiary/aromatic N) is 2. The summed E-state index contributed by atoms with van der Waals surface area (Å²) in [6.45, 7) is 3.78. The van der Waals surface area contributed by atoms with Gasteiger partial charge in [0, 0.05) is 24.5 Å². The van der Waals surface area contributed by atoms with Crippen LogP contribution in [0.25, 0.3) is 0 Å². The molecule has 1 rings (SSSR count). The van der Waals surface area contributed by atoms with Gasteiger partial charge in [-0.3, -0.25) is 10.1 Å². The number of thiophene rings is 1. The highest BCUT2D eigenvalue weighted by Crippen LogP contribution is 2.39. The maximum atomic E-state index is 11.0. The summed E-state index contributed by atoms with van der Waals surface area (Å²) in [4.78, 5) is 12.8. The van der Waals surface area contributed by atoms with Crippen molar-refractivity contribution in [3.05, 3.63) is 21.1 Å². The van der Waals surface area contributed by atoms with Crippen LogP contribution in [0.3, 0.4) is 0 Å². The molecule has 2 N–H and O–H groups in total. The van der Waals surface area contributed by atoms with Crippen LogP contribution in [-0.4, -0.2) is 34.8 Å². The van der Waals surface area contributed by atoms with E-state index in [-0.39, 0.29) is 5.69 Å². The molecule has 1 aromatic heterocycles. The Kier molecular flexibility index (Phi) is 5.06. The molecule has 0 aliphatic rings. The average Bonchev–Trinajstić information content (AvgIpc) is 2.70. The second-order valence-electron chi connectivity index (χ2n) is 4.33. The summed E-state index contributed by atoms with van der Waals surface area (Å²) in [6, 6.07) is 1.41. The quantitative estimate of drug-likeness (QED) is 0.611. The Balaban J connectivity index is 2.94. The molecule has 0 spiro atoms. The summed E-state index contributed by atoms with van der Waals surface area (Å²) >= 11 is 1.21. The molecular weight excluding hydrogens is 256 g/mol. The molecule has 18 heavy (non-hydrogen) atoms. The zero-order chi connectivity index (χ0) is 13.9. The molecule has 7 heteroatoms. The van der Waals surface area contributed by atoms with Crippen LogP contribution < -0.4 is 4.90 Å². The molecule has 0 fully saturated rings. The zero-order valence-electron chi connectivity index (χ0n) is 10.7. The lowest BCUT2D eigenvalue weighted by Gasteiger charge is -2.17. The number of nitro groups is 1. The van der Waals surface area contributed by atoms with Gasteiger partial charge in [0.25, 0.3) is 0 Å². The minimum Gasteiger partial charge on any atom is -0.393 e. The van der Waals surface area contributed by atoms with Gasteiger partial charge in [0.15, 0.2) is 5.00 Å².